The molecule has 1 saturated heterocycles. The van der Waals surface area contributed by atoms with Gasteiger partial charge >= 0.3 is 0 Å². The minimum Gasteiger partial charge on any atom is -0.379 e. The number of amides is 1. The molecule has 0 unspecified atom stereocenters. The van der Waals surface area contributed by atoms with Gasteiger partial charge in [-0.3, -0.25) is 9.48 Å². The Labute approximate surface area is 124 Å². The van der Waals surface area contributed by atoms with Crippen LogP contribution in [0.4, 0.5) is 0 Å². The summed E-state index contributed by atoms with van der Waals surface area (Å²) in [6, 6.07) is 0. The second kappa shape index (κ2) is 5.60. The van der Waals surface area contributed by atoms with Crippen LogP contribution < -0.4 is 0 Å². The van der Waals surface area contributed by atoms with Crippen molar-refractivity contribution < 1.29 is 9.53 Å². The van der Waals surface area contributed by atoms with Crippen molar-refractivity contribution in [2.45, 2.75) is 38.2 Å². The van der Waals surface area contributed by atoms with Crippen LogP contribution in [0.25, 0.3) is 0 Å². The zero-order valence-electron chi connectivity index (χ0n) is 12.9. The Morgan fingerprint density at radius 2 is 2.14 bits per heavy atom. The van der Waals surface area contributed by atoms with Crippen molar-refractivity contribution in [1.82, 2.24) is 19.9 Å². The van der Waals surface area contributed by atoms with Crippen molar-refractivity contribution in [2.24, 2.45) is 7.05 Å². The van der Waals surface area contributed by atoms with Crippen LogP contribution in [0.15, 0.2) is 17.3 Å². The number of aromatic nitrogens is 3. The minimum atomic E-state index is -0.00941. The van der Waals surface area contributed by atoms with Gasteiger partial charge in [0, 0.05) is 39.0 Å². The predicted molar refractivity (Wildman–Crippen MR) is 77.7 cm³/mol. The van der Waals surface area contributed by atoms with E-state index >= 15 is 0 Å². The van der Waals surface area contributed by atoms with Gasteiger partial charge in [0.25, 0.3) is 0 Å². The Bertz CT molecular complexity index is 572. The molecular weight excluding hydrogens is 268 g/mol. The molecule has 0 N–H and O–H groups in total. The van der Waals surface area contributed by atoms with Crippen LogP contribution >= 0.6 is 0 Å². The van der Waals surface area contributed by atoms with Crippen LogP contribution in [0.3, 0.4) is 0 Å². The predicted octanol–water partition coefficient (Wildman–Crippen LogP) is 1.26. The maximum Gasteiger partial charge on any atom is 0.249 e. The first kappa shape index (κ1) is 14.3. The van der Waals surface area contributed by atoms with E-state index in [4.69, 9.17) is 4.74 Å². The van der Waals surface area contributed by atoms with Crippen LogP contribution in [0.1, 0.15) is 37.8 Å². The number of likely N-dealkylation sites (tertiary alicyclic amines) is 1. The van der Waals surface area contributed by atoms with Crippen LogP contribution in [0.5, 0.6) is 0 Å². The van der Waals surface area contributed by atoms with Gasteiger partial charge < -0.3 is 9.64 Å². The molecule has 114 valence electrons. The van der Waals surface area contributed by atoms with Crippen LogP contribution in [-0.4, -0.2) is 52.1 Å². The number of allylic oxidation sites excluding steroid dienone is 1. The molecule has 1 aliphatic heterocycles. The van der Waals surface area contributed by atoms with Gasteiger partial charge in [-0.2, -0.15) is 0 Å². The highest BCUT2D eigenvalue weighted by molar-refractivity contribution is 5.94. The van der Waals surface area contributed by atoms with Gasteiger partial charge in [0.05, 0.1) is 17.7 Å². The number of hydrogen-bond acceptors (Lipinski definition) is 4. The van der Waals surface area contributed by atoms with Crippen LogP contribution in [-0.2, 0) is 16.6 Å². The molecule has 1 aromatic rings. The Balaban J connectivity index is 1.76. The first-order valence-electron chi connectivity index (χ1n) is 7.47. The lowest BCUT2D eigenvalue weighted by Gasteiger charge is -2.23. The summed E-state index contributed by atoms with van der Waals surface area (Å²) in [5.41, 5.74) is 3.14. The number of methoxy groups -OCH3 is 1. The summed E-state index contributed by atoms with van der Waals surface area (Å²) in [6.45, 7) is 3.23. The second-order valence-corrected chi connectivity index (χ2v) is 5.99. The van der Waals surface area contributed by atoms with Gasteiger partial charge in [-0.05, 0) is 26.2 Å². The molecule has 6 nitrogen and oxygen atoms in total. The zero-order valence-corrected chi connectivity index (χ0v) is 12.9. The van der Waals surface area contributed by atoms with Crippen molar-refractivity contribution >= 4 is 5.91 Å². The molecule has 0 radical (unpaired) electrons. The number of nitrogens with zero attached hydrogens (tertiary/aromatic N) is 4. The molecule has 0 aromatic carbocycles. The van der Waals surface area contributed by atoms with E-state index < -0.39 is 0 Å². The van der Waals surface area contributed by atoms with E-state index in [0.717, 1.165) is 24.1 Å². The van der Waals surface area contributed by atoms with Crippen LogP contribution in [0.2, 0.25) is 0 Å². The zero-order chi connectivity index (χ0) is 15.0. The van der Waals surface area contributed by atoms with Crippen molar-refractivity contribution in [3.8, 4) is 0 Å². The van der Waals surface area contributed by atoms with E-state index in [1.165, 1.54) is 12.0 Å². The normalized spacial score (nSPS) is 25.1. The molecule has 2 atom stereocenters. The summed E-state index contributed by atoms with van der Waals surface area (Å²) in [7, 11) is 3.54. The Hall–Kier alpha value is -1.69. The second-order valence-electron chi connectivity index (χ2n) is 5.99. The van der Waals surface area contributed by atoms with E-state index in [1.54, 1.807) is 11.8 Å². The average molecular weight is 290 g/mol. The highest BCUT2D eigenvalue weighted by Gasteiger charge is 2.38. The monoisotopic (exact) mass is 290 g/mol. The van der Waals surface area contributed by atoms with Crippen LogP contribution in [0, 0.1) is 0 Å². The molecule has 0 bridgehead atoms. The topological polar surface area (TPSA) is 60.2 Å². The molecule has 0 spiro atoms. The SMILES string of the molecule is CO[C@@H]1CN(C(=O)C(C)=C2CCC2)C[C@H]1c1cn(C)nn1. The van der Waals surface area contributed by atoms with Gasteiger partial charge in [-0.15, -0.1) is 5.10 Å². The van der Waals surface area contributed by atoms with Crippen molar-refractivity contribution in [3.05, 3.63) is 23.0 Å². The summed E-state index contributed by atoms with van der Waals surface area (Å²) < 4.78 is 7.25. The fraction of sp³-hybridized carbons (Fsp3) is 0.667. The van der Waals surface area contributed by atoms with E-state index in [0.29, 0.717) is 13.1 Å². The summed E-state index contributed by atoms with van der Waals surface area (Å²) in [6.07, 6.45) is 5.26. The summed E-state index contributed by atoms with van der Waals surface area (Å²) >= 11 is 0. The fourth-order valence-electron chi connectivity index (χ4n) is 3.11. The lowest BCUT2D eigenvalue weighted by molar-refractivity contribution is -0.126. The quantitative estimate of drug-likeness (QED) is 0.786. The lowest BCUT2D eigenvalue weighted by Crippen LogP contribution is -2.31. The van der Waals surface area contributed by atoms with Crippen molar-refractivity contribution in [1.29, 1.82) is 0 Å². The van der Waals surface area contributed by atoms with Gasteiger partial charge in [0.1, 0.15) is 0 Å². The standard InChI is InChI=1S/C15H22N4O2/c1-10(11-5-4-6-11)15(20)19-7-12(14(9-19)21-3)13-8-18(2)17-16-13/h8,12,14H,4-7,9H2,1-3H3/t12-,14+/m0/s1. The molecule has 2 fully saturated rings. The Kier molecular flexibility index (Phi) is 3.80. The molecule has 1 aromatic heterocycles. The molecule has 1 amide bonds. The van der Waals surface area contributed by atoms with Gasteiger partial charge in [0.15, 0.2) is 0 Å². The fourth-order valence-corrected chi connectivity index (χ4v) is 3.11. The molecule has 21 heavy (non-hydrogen) atoms. The third-order valence-electron chi connectivity index (χ3n) is 4.66. The number of carbonyl (C=O) groups is 1. The number of aryl methyl sites for hydroxylation is 1. The summed E-state index contributed by atoms with van der Waals surface area (Å²) in [5.74, 6) is 0.255. The van der Waals surface area contributed by atoms with E-state index in [2.05, 4.69) is 10.3 Å². The van der Waals surface area contributed by atoms with E-state index in [1.807, 2.05) is 25.1 Å². The third-order valence-corrected chi connectivity index (χ3v) is 4.66. The average Bonchev–Trinajstić information content (AvgIpc) is 3.01. The maximum absolute atomic E-state index is 12.6. The number of rotatable bonds is 3. The molecule has 1 saturated carbocycles. The van der Waals surface area contributed by atoms with Crippen molar-refractivity contribution in [3.63, 3.8) is 0 Å². The summed E-state index contributed by atoms with van der Waals surface area (Å²) in [5, 5.41) is 8.16. The maximum atomic E-state index is 12.6. The smallest absolute Gasteiger partial charge is 0.249 e. The molecule has 3 rings (SSSR count). The highest BCUT2D eigenvalue weighted by atomic mass is 16.5. The van der Waals surface area contributed by atoms with Gasteiger partial charge in [0.2, 0.25) is 5.91 Å². The van der Waals surface area contributed by atoms with Crippen molar-refractivity contribution in [2.75, 3.05) is 20.2 Å². The minimum absolute atomic E-state index is 0.00941. The van der Waals surface area contributed by atoms with E-state index in [-0.39, 0.29) is 17.9 Å². The molecule has 6 heteroatoms. The van der Waals surface area contributed by atoms with Gasteiger partial charge in [-0.25, -0.2) is 0 Å². The van der Waals surface area contributed by atoms with Gasteiger partial charge in [-0.1, -0.05) is 10.8 Å². The molecular formula is C15H22N4O2. The first-order chi connectivity index (χ1) is 10.1. The first-order valence-corrected chi connectivity index (χ1v) is 7.47. The number of carbonyl (C=O) groups excluding carboxylic acids is 1. The summed E-state index contributed by atoms with van der Waals surface area (Å²) in [4.78, 5) is 14.5. The van der Waals surface area contributed by atoms with E-state index in [9.17, 15) is 4.79 Å². The Morgan fingerprint density at radius 1 is 1.38 bits per heavy atom. The molecule has 2 heterocycles. The molecule has 1 aliphatic carbocycles. The number of hydrogen-bond donors (Lipinski definition) is 0. The molecule has 2 aliphatic rings. The largest absolute Gasteiger partial charge is 0.379 e. The highest BCUT2D eigenvalue weighted by Crippen LogP contribution is 2.32. The lowest BCUT2D eigenvalue weighted by atomic mass is 9.88. The number of ether oxygens (including phenoxy) is 1. The third kappa shape index (κ3) is 2.60. The Morgan fingerprint density at radius 3 is 2.67 bits per heavy atom.